The van der Waals surface area contributed by atoms with Crippen molar-refractivity contribution in [3.05, 3.63) is 247 Å². The molecule has 354 valence electrons. The minimum absolute atomic E-state index is 0.111. The Labute approximate surface area is 454 Å². The van der Waals surface area contributed by atoms with Crippen LogP contribution in [0.5, 0.6) is 11.8 Å². The first-order valence-electron chi connectivity index (χ1n) is 26.6. The van der Waals surface area contributed by atoms with E-state index < -0.39 is 7.12 Å². The maximum absolute atomic E-state index is 7.99. The highest BCUT2D eigenvalue weighted by molar-refractivity contribution is 8.27. The zero-order valence-corrected chi connectivity index (χ0v) is 42.8. The lowest BCUT2D eigenvalue weighted by molar-refractivity contribution is -0.707. The van der Waals surface area contributed by atoms with Crippen LogP contribution in [0.2, 0.25) is 0 Å². The van der Waals surface area contributed by atoms with E-state index in [0.717, 1.165) is 51.1 Å². The van der Waals surface area contributed by atoms with Crippen molar-refractivity contribution in [2.75, 3.05) is 9.62 Å². The van der Waals surface area contributed by atoms with Gasteiger partial charge in [-0.3, -0.25) is 0 Å². The number of pyridine rings is 2. The lowest BCUT2D eigenvalue weighted by Gasteiger charge is -2.47. The van der Waals surface area contributed by atoms with Gasteiger partial charge in [0, 0.05) is 82.5 Å². The molecule has 0 atom stereocenters. The molecule has 6 aliphatic heterocycles. The van der Waals surface area contributed by atoms with Crippen molar-refractivity contribution >= 4 is 81.7 Å². The standard InChI is InChI=1S/C66H39B3N4O2S2/c1-3-19-38(20-4-1)72-52-35-53-57-59-61-51(45-28-16-18-34-55(45)77-68(61)73(53)39-21-5-2-6-22-39)37-71(64-48-31-13-9-25-42(48)43-26-10-14-32-49(43)64)66(59)75-69-62(57)56(52)58-60-50(44-27-15-17-33-54(44)76-67(60)72)36-70(65(58)74-69)63-46-29-11-7-23-40(46)41-24-8-12-30-47(41)63/h1-37,63-64H/q+2. The van der Waals surface area contributed by atoms with Crippen LogP contribution in [0.3, 0.4) is 0 Å². The molecule has 0 N–H and O–H groups in total. The van der Waals surface area contributed by atoms with Crippen molar-refractivity contribution in [1.29, 1.82) is 0 Å². The van der Waals surface area contributed by atoms with Gasteiger partial charge in [-0.05, 0) is 86.8 Å². The van der Waals surface area contributed by atoms with Crippen LogP contribution in [0.4, 0.5) is 22.7 Å². The Morgan fingerprint density at radius 2 is 0.701 bits per heavy atom. The third-order valence-electron chi connectivity index (χ3n) is 17.6. The molecule has 11 aromatic rings. The van der Waals surface area contributed by atoms with Gasteiger partial charge < -0.3 is 18.9 Å². The number of hydrogen-bond acceptors (Lipinski definition) is 6. The second-order valence-electron chi connectivity index (χ2n) is 21.2. The Bertz CT molecular complexity index is 4130. The molecule has 0 unspecified atom stereocenters. The summed E-state index contributed by atoms with van der Waals surface area (Å²) in [5.41, 5.74) is 27.9. The molecule has 19 rings (SSSR count). The average molecular weight is 1020 g/mol. The molecular formula is C66H39B3N4O2S2+2. The Hall–Kier alpha value is -8.63. The van der Waals surface area contributed by atoms with Gasteiger partial charge in [0.25, 0.3) is 0 Å². The van der Waals surface area contributed by atoms with Crippen LogP contribution in [-0.2, 0) is 0 Å². The Kier molecular flexibility index (Phi) is 8.14. The zero-order chi connectivity index (χ0) is 49.8. The SMILES string of the molecule is c1ccc(N2B3Sc4ccccc4-c4c[n+](C5c6ccccc6-c6ccccc65)c5c(c43)-c3c2cc2c4c3B(O5)Oc3c-4c4c(c[n+]3C3c5ccccc5-c5ccccc53)-c3ccccc3SB4N2c2ccccc2)cc1. The summed E-state index contributed by atoms with van der Waals surface area (Å²) in [4.78, 5) is 7.80. The molecule has 2 aromatic heterocycles. The highest BCUT2D eigenvalue weighted by Gasteiger charge is 2.61. The van der Waals surface area contributed by atoms with Crippen LogP contribution in [0.25, 0.3) is 66.8 Å². The normalized spacial score (nSPS) is 15.4. The van der Waals surface area contributed by atoms with Gasteiger partial charge in [-0.25, -0.2) is 0 Å². The highest BCUT2D eigenvalue weighted by Crippen LogP contribution is 2.60. The number of rotatable bonds is 4. The van der Waals surface area contributed by atoms with E-state index in [4.69, 9.17) is 9.31 Å². The van der Waals surface area contributed by atoms with Gasteiger partial charge >= 0.3 is 31.1 Å². The predicted molar refractivity (Wildman–Crippen MR) is 313 cm³/mol. The van der Waals surface area contributed by atoms with Gasteiger partial charge in [-0.15, -0.1) is 23.2 Å². The molecule has 0 spiro atoms. The maximum atomic E-state index is 7.99. The van der Waals surface area contributed by atoms with Gasteiger partial charge in [0.2, 0.25) is 12.1 Å². The zero-order valence-electron chi connectivity index (χ0n) is 41.2. The Morgan fingerprint density at radius 3 is 1.10 bits per heavy atom. The number of benzene rings is 9. The molecule has 0 radical (unpaired) electrons. The van der Waals surface area contributed by atoms with Crippen molar-refractivity contribution in [1.82, 2.24) is 0 Å². The first kappa shape index (κ1) is 41.6. The summed E-state index contributed by atoms with van der Waals surface area (Å²) < 4.78 is 20.9. The van der Waals surface area contributed by atoms with Gasteiger partial charge in [-0.2, -0.15) is 9.13 Å². The van der Waals surface area contributed by atoms with Crippen LogP contribution >= 0.6 is 23.2 Å². The summed E-state index contributed by atoms with van der Waals surface area (Å²) in [6, 6.07) is 78.3. The minimum atomic E-state index is -0.804. The van der Waals surface area contributed by atoms with E-state index in [1.165, 1.54) is 98.6 Å². The van der Waals surface area contributed by atoms with Crippen molar-refractivity contribution in [2.24, 2.45) is 0 Å². The highest BCUT2D eigenvalue weighted by atomic mass is 32.2. The summed E-state index contributed by atoms with van der Waals surface area (Å²) in [6.07, 6.45) is 4.63. The number of para-hydroxylation sites is 2. The van der Waals surface area contributed by atoms with Crippen LogP contribution in [0, 0.1) is 0 Å². The Balaban J connectivity index is 0.987. The molecule has 9 aromatic carbocycles. The van der Waals surface area contributed by atoms with Crippen molar-refractivity contribution in [3.63, 3.8) is 0 Å². The van der Waals surface area contributed by atoms with Gasteiger partial charge in [-0.1, -0.05) is 170 Å². The number of hydrogen-bond donors (Lipinski definition) is 0. The molecule has 11 heteroatoms. The summed E-state index contributed by atoms with van der Waals surface area (Å²) >= 11 is 3.89. The fourth-order valence-electron chi connectivity index (χ4n) is 14.6. The van der Waals surface area contributed by atoms with Crippen molar-refractivity contribution in [3.8, 4) is 78.5 Å². The molecule has 77 heavy (non-hydrogen) atoms. The Morgan fingerprint density at radius 1 is 0.351 bits per heavy atom. The van der Waals surface area contributed by atoms with Crippen LogP contribution in [0.15, 0.2) is 235 Å². The second kappa shape index (κ2) is 15.1. The van der Waals surface area contributed by atoms with Gasteiger partial charge in [0.05, 0.1) is 11.1 Å². The molecule has 0 bridgehead atoms. The lowest BCUT2D eigenvalue weighted by Crippen LogP contribution is -2.63. The molecule has 6 nitrogen and oxygen atoms in total. The molecule has 0 saturated heterocycles. The van der Waals surface area contributed by atoms with E-state index in [1.54, 1.807) is 0 Å². The second-order valence-corrected chi connectivity index (χ2v) is 23.5. The topological polar surface area (TPSA) is 32.7 Å². The van der Waals surface area contributed by atoms with E-state index in [-0.39, 0.29) is 24.3 Å². The summed E-state index contributed by atoms with van der Waals surface area (Å²) in [6.45, 7) is 0. The van der Waals surface area contributed by atoms with E-state index in [9.17, 15) is 0 Å². The van der Waals surface area contributed by atoms with Crippen LogP contribution in [0.1, 0.15) is 34.3 Å². The van der Waals surface area contributed by atoms with Crippen molar-refractivity contribution in [2.45, 2.75) is 21.9 Å². The van der Waals surface area contributed by atoms with E-state index in [1.807, 2.05) is 23.2 Å². The fourth-order valence-corrected chi connectivity index (χ4v) is 17.5. The maximum Gasteiger partial charge on any atom is 0.641 e. The summed E-state index contributed by atoms with van der Waals surface area (Å²) in [7, 11) is -0.804. The molecule has 8 heterocycles. The lowest BCUT2D eigenvalue weighted by atomic mass is 9.56. The summed E-state index contributed by atoms with van der Waals surface area (Å²) in [5, 5.41) is 0. The largest absolute Gasteiger partial charge is 0.641 e. The molecular weight excluding hydrogens is 977 g/mol. The molecule has 0 fully saturated rings. The fraction of sp³-hybridized carbons (Fsp3) is 0.0303. The number of fused-ring (bicyclic) bond motifs is 10. The average Bonchev–Trinajstić information content (AvgIpc) is 4.12. The third kappa shape index (κ3) is 5.29. The summed E-state index contributed by atoms with van der Waals surface area (Å²) in [5.74, 6) is 1.67. The van der Waals surface area contributed by atoms with E-state index in [2.05, 4.69) is 243 Å². The molecule has 0 saturated carbocycles. The molecule has 8 aliphatic rings. The first-order valence-corrected chi connectivity index (χ1v) is 28.4. The smallest absolute Gasteiger partial charge is 0.472 e. The van der Waals surface area contributed by atoms with Crippen LogP contribution < -0.4 is 44.5 Å². The van der Waals surface area contributed by atoms with E-state index in [0.29, 0.717) is 0 Å². The molecule has 0 amide bonds. The van der Waals surface area contributed by atoms with Gasteiger partial charge in [0.1, 0.15) is 0 Å². The predicted octanol–water partition coefficient (Wildman–Crippen LogP) is 12.6. The number of aromatic nitrogens is 2. The third-order valence-corrected chi connectivity index (χ3v) is 20.1. The quantitative estimate of drug-likeness (QED) is 0.129. The molecule has 2 aliphatic carbocycles. The number of nitrogens with zero attached hydrogens (tertiary/aromatic N) is 4. The van der Waals surface area contributed by atoms with Gasteiger partial charge in [0.15, 0.2) is 12.4 Å². The minimum Gasteiger partial charge on any atom is -0.472 e. The number of anilines is 4. The van der Waals surface area contributed by atoms with Crippen LogP contribution in [-0.4, -0.2) is 19.4 Å². The monoisotopic (exact) mass is 1020 g/mol. The first-order chi connectivity index (χ1) is 38.2. The van der Waals surface area contributed by atoms with Crippen molar-refractivity contribution < 1.29 is 18.4 Å². The van der Waals surface area contributed by atoms with E-state index >= 15 is 0 Å².